The lowest BCUT2D eigenvalue weighted by Crippen LogP contribution is -2.58. The fourth-order valence-electron chi connectivity index (χ4n) is 18.0. The Morgan fingerprint density at radius 3 is 1.33 bits per heavy atom. The first-order valence-electron chi connectivity index (χ1n) is 24.8. The highest BCUT2D eigenvalue weighted by Gasteiger charge is 2.65. The van der Waals surface area contributed by atoms with Crippen molar-refractivity contribution >= 4 is 11.8 Å². The summed E-state index contributed by atoms with van der Waals surface area (Å²) in [7, 11) is 0. The van der Waals surface area contributed by atoms with Crippen molar-refractivity contribution in [1.29, 1.82) is 0 Å². The lowest BCUT2D eigenvalue weighted by Gasteiger charge is -2.62. The number of hydrogen-bond acceptors (Lipinski definition) is 6. The van der Waals surface area contributed by atoms with E-state index in [1.54, 1.807) is 0 Å². The van der Waals surface area contributed by atoms with Gasteiger partial charge in [0.1, 0.15) is 0 Å². The number of carbonyl (C=O) groups is 2. The topological polar surface area (TPSA) is 139 Å². The summed E-state index contributed by atoms with van der Waals surface area (Å²) in [5.41, 5.74) is 0.301. The minimum Gasteiger partial charge on any atom is -0.393 e. The van der Waals surface area contributed by atoms with Crippen LogP contribution < -0.4 is 10.6 Å². The van der Waals surface area contributed by atoms with Crippen LogP contribution in [0.2, 0.25) is 0 Å². The van der Waals surface area contributed by atoms with E-state index in [0.717, 1.165) is 77.0 Å². The van der Waals surface area contributed by atoms with Crippen LogP contribution >= 0.6 is 0 Å². The van der Waals surface area contributed by atoms with Crippen molar-refractivity contribution in [2.75, 3.05) is 13.1 Å². The first-order valence-corrected chi connectivity index (χ1v) is 24.8. The average Bonchev–Trinajstić information content (AvgIpc) is 3.75. The highest BCUT2D eigenvalue weighted by atomic mass is 16.3. The Morgan fingerprint density at radius 1 is 0.534 bits per heavy atom. The SMILES string of the molecule is CC(CCC(=O)NCCNC(=O)CCC(C)[C@H]1CCC2C3CCC4C[C@H](O)CC[C@]4(C)C3C[C@H](O)[C@@]21C)[C@H]1CCC2C3CCC4C[C@H](O)CC[C@]4(C)C3C[C@H](O)[C@@]21C. The summed E-state index contributed by atoms with van der Waals surface area (Å²) in [4.78, 5) is 26.0. The molecule has 8 nitrogen and oxygen atoms in total. The van der Waals surface area contributed by atoms with Gasteiger partial charge in [-0.25, -0.2) is 0 Å². The zero-order chi connectivity index (χ0) is 41.4. The van der Waals surface area contributed by atoms with Crippen LogP contribution in [0, 0.1) is 92.7 Å². The van der Waals surface area contributed by atoms with Gasteiger partial charge in [0.15, 0.2) is 0 Å². The van der Waals surface area contributed by atoms with Crippen LogP contribution in [-0.4, -0.2) is 69.7 Å². The summed E-state index contributed by atoms with van der Waals surface area (Å²) in [6, 6.07) is 0. The predicted molar refractivity (Wildman–Crippen MR) is 228 cm³/mol. The molecular formula is C50H84N2O6. The molecular weight excluding hydrogens is 725 g/mol. The number of aliphatic hydroxyl groups is 4. The van der Waals surface area contributed by atoms with Crippen molar-refractivity contribution in [3.05, 3.63) is 0 Å². The Bertz CT molecular complexity index is 1380. The maximum atomic E-state index is 13.0. The van der Waals surface area contributed by atoms with Gasteiger partial charge in [-0.2, -0.15) is 0 Å². The second kappa shape index (κ2) is 16.5. The van der Waals surface area contributed by atoms with Crippen molar-refractivity contribution in [2.45, 2.75) is 194 Å². The second-order valence-electron chi connectivity index (χ2n) is 23.5. The maximum Gasteiger partial charge on any atom is 0.220 e. The van der Waals surface area contributed by atoms with E-state index in [1.807, 2.05) is 0 Å². The summed E-state index contributed by atoms with van der Waals surface area (Å²) >= 11 is 0. The lowest BCUT2D eigenvalue weighted by molar-refractivity contribution is -0.175. The van der Waals surface area contributed by atoms with Crippen molar-refractivity contribution in [3.63, 3.8) is 0 Å². The van der Waals surface area contributed by atoms with Crippen molar-refractivity contribution in [2.24, 2.45) is 92.7 Å². The Kier molecular flexibility index (Phi) is 12.3. The van der Waals surface area contributed by atoms with Crippen LogP contribution in [0.5, 0.6) is 0 Å². The fourth-order valence-corrected chi connectivity index (χ4v) is 18.0. The minimum atomic E-state index is -0.303. The minimum absolute atomic E-state index is 0.0466. The van der Waals surface area contributed by atoms with Crippen LogP contribution in [-0.2, 0) is 9.59 Å². The lowest BCUT2D eigenvalue weighted by atomic mass is 9.43. The first kappa shape index (κ1) is 43.4. The number of carbonyl (C=O) groups excluding carboxylic acids is 2. The second-order valence-corrected chi connectivity index (χ2v) is 23.5. The van der Waals surface area contributed by atoms with Crippen molar-refractivity contribution in [3.8, 4) is 0 Å². The zero-order valence-electron chi connectivity index (χ0n) is 37.4. The molecule has 6 N–H and O–H groups in total. The molecule has 330 valence electrons. The average molecular weight is 809 g/mol. The molecule has 0 aliphatic heterocycles. The highest BCUT2D eigenvalue weighted by Crippen LogP contribution is 2.70. The third-order valence-corrected chi connectivity index (χ3v) is 21.4. The van der Waals surface area contributed by atoms with Crippen LogP contribution in [0.25, 0.3) is 0 Å². The van der Waals surface area contributed by atoms with Gasteiger partial charge in [-0.3, -0.25) is 9.59 Å². The zero-order valence-corrected chi connectivity index (χ0v) is 37.4. The molecule has 0 aromatic heterocycles. The third-order valence-electron chi connectivity index (χ3n) is 21.4. The summed E-state index contributed by atoms with van der Waals surface area (Å²) in [5, 5.41) is 50.8. The molecule has 0 saturated heterocycles. The normalized spacial score (nSPS) is 50.5. The van der Waals surface area contributed by atoms with Gasteiger partial charge >= 0.3 is 0 Å². The van der Waals surface area contributed by atoms with Crippen LogP contribution in [0.4, 0.5) is 0 Å². The molecule has 8 aliphatic rings. The van der Waals surface area contributed by atoms with E-state index >= 15 is 0 Å². The number of amides is 2. The van der Waals surface area contributed by atoms with Gasteiger partial charge in [-0.05, 0) is 208 Å². The molecule has 0 bridgehead atoms. The van der Waals surface area contributed by atoms with Gasteiger partial charge in [0.05, 0.1) is 24.4 Å². The molecule has 0 aromatic rings. The molecule has 8 fully saturated rings. The van der Waals surface area contributed by atoms with Crippen molar-refractivity contribution < 1.29 is 30.0 Å². The Hall–Kier alpha value is -1.22. The molecule has 10 unspecified atom stereocenters. The van der Waals surface area contributed by atoms with Gasteiger partial charge in [-0.15, -0.1) is 0 Å². The predicted octanol–water partition coefficient (Wildman–Crippen LogP) is 8.03. The van der Waals surface area contributed by atoms with Gasteiger partial charge in [0, 0.05) is 25.9 Å². The smallest absolute Gasteiger partial charge is 0.220 e. The molecule has 58 heavy (non-hydrogen) atoms. The number of fused-ring (bicyclic) bond motifs is 10. The van der Waals surface area contributed by atoms with Gasteiger partial charge < -0.3 is 31.1 Å². The molecule has 8 aliphatic carbocycles. The fraction of sp³-hybridized carbons (Fsp3) is 0.960. The molecule has 20 atom stereocenters. The number of aliphatic hydroxyl groups excluding tert-OH is 4. The summed E-state index contributed by atoms with van der Waals surface area (Å²) < 4.78 is 0. The quantitative estimate of drug-likeness (QED) is 0.117. The standard InChI is InChI=1S/C50H84N2O6/c1-29(37-13-15-39-35-11-9-31-25-33(53)19-21-47(31,3)41(35)27-43(55)49(37,39)5)7-17-45(57)51-23-24-52-46(58)18-8-30(2)38-14-16-40-36-12-10-32-26-34(54)20-22-48(32,4)42(36)28-44(56)50(38,40)6/h29-44,53-56H,7-28H2,1-6H3,(H,51,57)(H,52,58)/t29?,30?,31?,32?,33-,34-,35?,36?,37-,38-,39?,40?,41?,42?,43+,44+,47+,48+,49-,50-/m1/s1. The molecule has 2 amide bonds. The van der Waals surface area contributed by atoms with Gasteiger partial charge in [-0.1, -0.05) is 41.5 Å². The highest BCUT2D eigenvalue weighted by molar-refractivity contribution is 5.77. The van der Waals surface area contributed by atoms with Gasteiger partial charge in [0.25, 0.3) is 0 Å². The number of nitrogens with one attached hydrogen (secondary N) is 2. The van der Waals surface area contributed by atoms with E-state index in [2.05, 4.69) is 52.2 Å². The summed E-state index contributed by atoms with van der Waals surface area (Å²) in [6.45, 7) is 15.2. The van der Waals surface area contributed by atoms with Gasteiger partial charge in [0.2, 0.25) is 11.8 Å². The first-order chi connectivity index (χ1) is 27.5. The van der Waals surface area contributed by atoms with E-state index in [0.29, 0.717) is 96.9 Å². The Morgan fingerprint density at radius 2 is 0.931 bits per heavy atom. The number of rotatable bonds is 11. The molecule has 0 heterocycles. The largest absolute Gasteiger partial charge is 0.393 e. The summed E-state index contributed by atoms with van der Waals surface area (Å²) in [5.74, 6) is 6.39. The van der Waals surface area contributed by atoms with E-state index in [4.69, 9.17) is 0 Å². The monoisotopic (exact) mass is 809 g/mol. The summed E-state index contributed by atoms with van der Waals surface area (Å²) in [6.07, 6.45) is 18.9. The molecule has 8 heteroatoms. The molecule has 8 rings (SSSR count). The van der Waals surface area contributed by atoms with Crippen LogP contribution in [0.3, 0.4) is 0 Å². The maximum absolute atomic E-state index is 13.0. The molecule has 0 aromatic carbocycles. The van der Waals surface area contributed by atoms with Crippen molar-refractivity contribution in [1.82, 2.24) is 10.6 Å². The molecule has 0 radical (unpaired) electrons. The van der Waals surface area contributed by atoms with E-state index < -0.39 is 0 Å². The third kappa shape index (κ3) is 7.25. The Balaban J connectivity index is 0.751. The molecule has 8 saturated carbocycles. The van der Waals surface area contributed by atoms with E-state index in [1.165, 1.54) is 38.5 Å². The van der Waals surface area contributed by atoms with E-state index in [9.17, 15) is 30.0 Å². The van der Waals surface area contributed by atoms with Crippen LogP contribution in [0.15, 0.2) is 0 Å². The molecule has 0 spiro atoms. The number of hydrogen-bond donors (Lipinski definition) is 6. The Labute approximate surface area is 351 Å². The van der Waals surface area contributed by atoms with Crippen LogP contribution in [0.1, 0.15) is 170 Å². The van der Waals surface area contributed by atoms with E-state index in [-0.39, 0.29) is 57.9 Å².